The number of hydrogen-bond donors (Lipinski definition) is 1. The maximum atomic E-state index is 11.9. The third kappa shape index (κ3) is 3.23. The predicted molar refractivity (Wildman–Crippen MR) is 75.0 cm³/mol. The van der Waals surface area contributed by atoms with Crippen LogP contribution in [0.3, 0.4) is 0 Å². The number of nitrogens with zero attached hydrogens (tertiary/aromatic N) is 1. The standard InChI is InChI=1S/C13H16N2O4S/c1-9(16)10-4-3-5-12(6-10)14-13(17)11-7-15(8-11)20(2,18)19/h3-6,11H,7-8H2,1-2H3,(H,14,17). The number of carbonyl (C=O) groups excluding carboxylic acids is 2. The van der Waals surface area contributed by atoms with Gasteiger partial charge in [0.15, 0.2) is 5.78 Å². The fourth-order valence-corrected chi connectivity index (χ4v) is 2.84. The number of carbonyl (C=O) groups is 2. The number of amides is 1. The van der Waals surface area contributed by atoms with Crippen LogP contribution in [0, 0.1) is 5.92 Å². The Morgan fingerprint density at radius 1 is 1.30 bits per heavy atom. The van der Waals surface area contributed by atoms with Gasteiger partial charge in [0.05, 0.1) is 12.2 Å². The molecule has 108 valence electrons. The molecule has 0 aromatic heterocycles. The lowest BCUT2D eigenvalue weighted by Gasteiger charge is -2.35. The quantitative estimate of drug-likeness (QED) is 0.830. The molecule has 1 heterocycles. The SMILES string of the molecule is CC(=O)c1cccc(NC(=O)C2CN(S(C)(=O)=O)C2)c1. The summed E-state index contributed by atoms with van der Waals surface area (Å²) < 4.78 is 23.7. The molecule has 0 atom stereocenters. The van der Waals surface area contributed by atoms with Crippen LogP contribution in [0.2, 0.25) is 0 Å². The fourth-order valence-electron chi connectivity index (χ4n) is 1.94. The van der Waals surface area contributed by atoms with Gasteiger partial charge in [0.2, 0.25) is 15.9 Å². The van der Waals surface area contributed by atoms with E-state index in [0.717, 1.165) is 6.26 Å². The number of nitrogens with one attached hydrogen (secondary N) is 1. The first-order chi connectivity index (χ1) is 9.27. The Labute approximate surface area is 117 Å². The minimum atomic E-state index is -3.21. The highest BCUT2D eigenvalue weighted by Gasteiger charge is 2.37. The molecule has 1 fully saturated rings. The van der Waals surface area contributed by atoms with E-state index in [-0.39, 0.29) is 30.7 Å². The lowest BCUT2D eigenvalue weighted by atomic mass is 10.0. The molecule has 1 aromatic carbocycles. The van der Waals surface area contributed by atoms with Gasteiger partial charge in [-0.25, -0.2) is 12.7 Å². The third-order valence-electron chi connectivity index (χ3n) is 3.22. The highest BCUT2D eigenvalue weighted by Crippen LogP contribution is 2.21. The monoisotopic (exact) mass is 296 g/mol. The Bertz CT molecular complexity index is 648. The summed E-state index contributed by atoms with van der Waals surface area (Å²) in [5, 5.41) is 2.70. The summed E-state index contributed by atoms with van der Waals surface area (Å²) in [6, 6.07) is 6.66. The number of sulfonamides is 1. The summed E-state index contributed by atoms with van der Waals surface area (Å²) >= 11 is 0. The molecular weight excluding hydrogens is 280 g/mol. The van der Waals surface area contributed by atoms with Gasteiger partial charge in [-0.05, 0) is 19.1 Å². The van der Waals surface area contributed by atoms with Crippen molar-refractivity contribution in [1.29, 1.82) is 0 Å². The van der Waals surface area contributed by atoms with Gasteiger partial charge in [-0.3, -0.25) is 9.59 Å². The molecule has 1 saturated heterocycles. The molecule has 1 N–H and O–H groups in total. The van der Waals surface area contributed by atoms with Gasteiger partial charge >= 0.3 is 0 Å². The Morgan fingerprint density at radius 2 is 1.95 bits per heavy atom. The lowest BCUT2D eigenvalue weighted by Crippen LogP contribution is -2.53. The van der Waals surface area contributed by atoms with Crippen LogP contribution < -0.4 is 5.32 Å². The molecule has 0 spiro atoms. The first-order valence-corrected chi connectivity index (χ1v) is 7.99. The predicted octanol–water partition coefficient (Wildman–Crippen LogP) is 0.719. The topological polar surface area (TPSA) is 83.6 Å². The Kier molecular flexibility index (Phi) is 3.92. The first-order valence-electron chi connectivity index (χ1n) is 6.14. The van der Waals surface area contributed by atoms with Crippen molar-refractivity contribution in [3.63, 3.8) is 0 Å². The van der Waals surface area contributed by atoms with Crippen LogP contribution in [-0.4, -0.2) is 43.8 Å². The number of ketones is 1. The molecule has 0 radical (unpaired) electrons. The maximum Gasteiger partial charge on any atom is 0.230 e. The molecule has 0 bridgehead atoms. The number of anilines is 1. The molecule has 1 aliphatic heterocycles. The van der Waals surface area contributed by atoms with Gasteiger partial charge in [0.1, 0.15) is 0 Å². The summed E-state index contributed by atoms with van der Waals surface area (Å²) in [5.74, 6) is -0.649. The van der Waals surface area contributed by atoms with E-state index in [1.54, 1.807) is 24.3 Å². The molecular formula is C13H16N2O4S. The molecule has 0 unspecified atom stereocenters. The van der Waals surface area contributed by atoms with Crippen LogP contribution in [-0.2, 0) is 14.8 Å². The minimum Gasteiger partial charge on any atom is -0.326 e. The Morgan fingerprint density at radius 3 is 2.50 bits per heavy atom. The van der Waals surface area contributed by atoms with Crippen molar-refractivity contribution in [2.75, 3.05) is 24.7 Å². The Balaban J connectivity index is 1.97. The molecule has 20 heavy (non-hydrogen) atoms. The molecule has 0 aliphatic carbocycles. The fraction of sp³-hybridized carbons (Fsp3) is 0.385. The zero-order chi connectivity index (χ0) is 14.9. The van der Waals surface area contributed by atoms with E-state index in [1.165, 1.54) is 11.2 Å². The number of benzene rings is 1. The molecule has 6 nitrogen and oxygen atoms in total. The van der Waals surface area contributed by atoms with Gasteiger partial charge in [0, 0.05) is 24.3 Å². The van der Waals surface area contributed by atoms with Gasteiger partial charge in [-0.1, -0.05) is 12.1 Å². The zero-order valence-corrected chi connectivity index (χ0v) is 12.1. The molecule has 7 heteroatoms. The molecule has 2 rings (SSSR count). The van der Waals surface area contributed by atoms with Gasteiger partial charge in [-0.15, -0.1) is 0 Å². The average molecular weight is 296 g/mol. The van der Waals surface area contributed by atoms with Crippen LogP contribution in [0.15, 0.2) is 24.3 Å². The smallest absolute Gasteiger partial charge is 0.230 e. The first kappa shape index (κ1) is 14.7. The normalized spacial score (nSPS) is 16.5. The van der Waals surface area contributed by atoms with E-state index in [9.17, 15) is 18.0 Å². The number of hydrogen-bond acceptors (Lipinski definition) is 4. The van der Waals surface area contributed by atoms with Gasteiger partial charge in [0.25, 0.3) is 0 Å². The van der Waals surface area contributed by atoms with E-state index < -0.39 is 10.0 Å². The van der Waals surface area contributed by atoms with Crippen molar-refractivity contribution in [3.05, 3.63) is 29.8 Å². The number of rotatable bonds is 4. The minimum absolute atomic E-state index is 0.0759. The van der Waals surface area contributed by atoms with Crippen LogP contribution >= 0.6 is 0 Å². The second-order valence-corrected chi connectivity index (χ2v) is 6.89. The average Bonchev–Trinajstić information content (AvgIpc) is 2.24. The summed E-state index contributed by atoms with van der Waals surface area (Å²) in [7, 11) is -3.21. The maximum absolute atomic E-state index is 11.9. The van der Waals surface area contributed by atoms with Crippen LogP contribution in [0.5, 0.6) is 0 Å². The van der Waals surface area contributed by atoms with E-state index in [4.69, 9.17) is 0 Å². The second-order valence-electron chi connectivity index (χ2n) is 4.90. The molecule has 1 aliphatic rings. The number of Topliss-reactive ketones (excluding diaryl/α,β-unsaturated/α-hetero) is 1. The third-order valence-corrected chi connectivity index (χ3v) is 4.46. The van der Waals surface area contributed by atoms with E-state index >= 15 is 0 Å². The highest BCUT2D eigenvalue weighted by atomic mass is 32.2. The molecule has 0 saturated carbocycles. The van der Waals surface area contributed by atoms with Gasteiger partial charge < -0.3 is 5.32 Å². The summed E-state index contributed by atoms with van der Waals surface area (Å²) in [6.45, 7) is 1.87. The summed E-state index contributed by atoms with van der Waals surface area (Å²) in [6.07, 6.45) is 1.12. The van der Waals surface area contributed by atoms with Crippen molar-refractivity contribution in [3.8, 4) is 0 Å². The lowest BCUT2D eigenvalue weighted by molar-refractivity contribution is -0.122. The van der Waals surface area contributed by atoms with Crippen LogP contribution in [0.1, 0.15) is 17.3 Å². The van der Waals surface area contributed by atoms with Crippen LogP contribution in [0.25, 0.3) is 0 Å². The summed E-state index contributed by atoms with van der Waals surface area (Å²) in [5.41, 5.74) is 1.06. The van der Waals surface area contributed by atoms with Crippen molar-refractivity contribution >= 4 is 27.4 Å². The summed E-state index contributed by atoms with van der Waals surface area (Å²) in [4.78, 5) is 23.2. The van der Waals surface area contributed by atoms with Crippen molar-refractivity contribution in [2.45, 2.75) is 6.92 Å². The van der Waals surface area contributed by atoms with E-state index in [0.29, 0.717) is 11.3 Å². The largest absolute Gasteiger partial charge is 0.326 e. The van der Waals surface area contributed by atoms with Crippen molar-refractivity contribution in [1.82, 2.24) is 4.31 Å². The highest BCUT2D eigenvalue weighted by molar-refractivity contribution is 7.88. The Hall–Kier alpha value is -1.73. The molecule has 1 amide bonds. The second kappa shape index (κ2) is 5.34. The van der Waals surface area contributed by atoms with Gasteiger partial charge in [-0.2, -0.15) is 0 Å². The van der Waals surface area contributed by atoms with Crippen LogP contribution in [0.4, 0.5) is 5.69 Å². The zero-order valence-electron chi connectivity index (χ0n) is 11.3. The van der Waals surface area contributed by atoms with Crippen molar-refractivity contribution in [2.24, 2.45) is 5.92 Å². The van der Waals surface area contributed by atoms with E-state index in [1.807, 2.05) is 0 Å². The van der Waals surface area contributed by atoms with Crippen molar-refractivity contribution < 1.29 is 18.0 Å². The van der Waals surface area contributed by atoms with E-state index in [2.05, 4.69) is 5.32 Å². The molecule has 1 aromatic rings.